The van der Waals surface area contributed by atoms with Crippen molar-refractivity contribution in [1.29, 1.82) is 0 Å². The minimum atomic E-state index is 0.408. The predicted octanol–water partition coefficient (Wildman–Crippen LogP) is 8.55. The smallest absolute Gasteiger partial charge is 0.261 e. The highest BCUT2D eigenvalue weighted by Crippen LogP contribution is 2.13. The molecule has 3 heteroatoms. The van der Waals surface area contributed by atoms with Gasteiger partial charge in [-0.05, 0) is 104 Å². The van der Waals surface area contributed by atoms with Gasteiger partial charge in [0.05, 0.1) is 0 Å². The first-order valence-corrected chi connectivity index (χ1v) is 11.4. The number of para-hydroxylation sites is 1. The van der Waals surface area contributed by atoms with E-state index in [1.807, 2.05) is 30.3 Å². The van der Waals surface area contributed by atoms with E-state index in [-0.39, 0.29) is 0 Å². The summed E-state index contributed by atoms with van der Waals surface area (Å²) in [7, 11) is 0. The Morgan fingerprint density at radius 1 is 0.767 bits per heavy atom. The molecule has 30 heavy (non-hydrogen) atoms. The first-order valence-electron chi connectivity index (χ1n) is 11.0. The molecule has 1 rings (SSSR count). The second kappa shape index (κ2) is 15.7. The van der Waals surface area contributed by atoms with E-state index >= 15 is 0 Å². The summed E-state index contributed by atoms with van der Waals surface area (Å²) < 4.78 is 5.58. The molecular weight excluding hydrogens is 386 g/mol. The molecule has 1 N–H and O–H groups in total. The topological polar surface area (TPSA) is 21.3 Å². The average molecular weight is 426 g/mol. The van der Waals surface area contributed by atoms with Gasteiger partial charge in [-0.2, -0.15) is 0 Å². The van der Waals surface area contributed by atoms with E-state index in [0.29, 0.717) is 11.8 Å². The van der Waals surface area contributed by atoms with Crippen molar-refractivity contribution in [2.75, 3.05) is 11.9 Å². The fraction of sp³-hybridized carbons (Fsp3) is 0.444. The first-order chi connectivity index (χ1) is 14.4. The van der Waals surface area contributed by atoms with E-state index < -0.39 is 0 Å². The van der Waals surface area contributed by atoms with Crippen molar-refractivity contribution < 1.29 is 4.74 Å². The highest BCUT2D eigenvalue weighted by molar-refractivity contribution is 7.80. The Labute approximate surface area is 189 Å². The summed E-state index contributed by atoms with van der Waals surface area (Å²) in [5.74, 6) is 0. The number of hydrogen-bond donors (Lipinski definition) is 1. The van der Waals surface area contributed by atoms with Gasteiger partial charge in [-0.25, -0.2) is 0 Å². The maximum absolute atomic E-state index is 5.58. The fourth-order valence-corrected chi connectivity index (χ4v) is 3.11. The van der Waals surface area contributed by atoms with Crippen LogP contribution in [-0.2, 0) is 4.74 Å². The molecular formula is C27H39NOS. The lowest BCUT2D eigenvalue weighted by molar-refractivity contribution is 0.358. The number of hydrogen-bond acceptors (Lipinski definition) is 2. The fourth-order valence-electron chi connectivity index (χ4n) is 2.92. The molecule has 0 aliphatic carbocycles. The minimum absolute atomic E-state index is 0.408. The van der Waals surface area contributed by atoms with E-state index in [9.17, 15) is 0 Å². The van der Waals surface area contributed by atoms with Gasteiger partial charge >= 0.3 is 0 Å². The Hall–Kier alpha value is -2.13. The van der Waals surface area contributed by atoms with Crippen LogP contribution < -0.4 is 5.32 Å². The van der Waals surface area contributed by atoms with Crippen LogP contribution in [-0.4, -0.2) is 11.8 Å². The van der Waals surface area contributed by atoms with Crippen LogP contribution in [0.2, 0.25) is 0 Å². The molecule has 0 unspecified atom stereocenters. The van der Waals surface area contributed by atoms with Gasteiger partial charge in [-0.1, -0.05) is 58.7 Å². The van der Waals surface area contributed by atoms with E-state index in [2.05, 4.69) is 64.2 Å². The summed E-state index contributed by atoms with van der Waals surface area (Å²) in [4.78, 5) is 0. The van der Waals surface area contributed by atoms with Crippen LogP contribution in [0.4, 0.5) is 5.69 Å². The maximum Gasteiger partial charge on any atom is 0.261 e. The summed E-state index contributed by atoms with van der Waals surface area (Å²) in [6, 6.07) is 9.84. The Morgan fingerprint density at radius 2 is 1.27 bits per heavy atom. The van der Waals surface area contributed by atoms with Gasteiger partial charge in [0, 0.05) is 5.69 Å². The quantitative estimate of drug-likeness (QED) is 0.268. The molecule has 1 aromatic rings. The van der Waals surface area contributed by atoms with Gasteiger partial charge in [0.15, 0.2) is 0 Å². The number of thiocarbonyl (C=S) groups is 1. The standard InChI is InChI=1S/C27H39NOS/c1-22(2)12-9-13-23(3)14-10-15-24(4)16-11-17-25(5)20-21-29-27(30)28-26-18-7-6-8-19-26/h6-8,12,14,16,18-20H,9-11,13,15,17,21H2,1-5H3,(H,28,30)/b23-14+,24-16+,25-20+. The summed E-state index contributed by atoms with van der Waals surface area (Å²) in [5, 5.41) is 3.49. The lowest BCUT2D eigenvalue weighted by Gasteiger charge is -2.08. The van der Waals surface area contributed by atoms with Crippen LogP contribution in [0, 0.1) is 0 Å². The Kier molecular flexibility index (Phi) is 13.5. The van der Waals surface area contributed by atoms with Gasteiger partial charge in [-0.3, -0.25) is 0 Å². The lowest BCUT2D eigenvalue weighted by atomic mass is 10.0. The van der Waals surface area contributed by atoms with Crippen molar-refractivity contribution in [3.63, 3.8) is 0 Å². The number of rotatable bonds is 12. The predicted molar refractivity (Wildman–Crippen MR) is 137 cm³/mol. The Morgan fingerprint density at radius 3 is 1.80 bits per heavy atom. The van der Waals surface area contributed by atoms with Gasteiger partial charge in [0.2, 0.25) is 0 Å². The van der Waals surface area contributed by atoms with Crippen LogP contribution in [0.25, 0.3) is 0 Å². The highest BCUT2D eigenvalue weighted by atomic mass is 32.1. The number of ether oxygens (including phenoxy) is 1. The number of benzene rings is 1. The molecule has 0 aliphatic rings. The van der Waals surface area contributed by atoms with Crippen LogP contribution in [0.15, 0.2) is 76.9 Å². The lowest BCUT2D eigenvalue weighted by Crippen LogP contribution is -2.13. The third kappa shape index (κ3) is 13.9. The molecule has 0 aromatic heterocycles. The maximum atomic E-state index is 5.58. The van der Waals surface area contributed by atoms with E-state index in [0.717, 1.165) is 37.8 Å². The number of nitrogens with one attached hydrogen (secondary N) is 1. The van der Waals surface area contributed by atoms with Crippen molar-refractivity contribution in [3.8, 4) is 0 Å². The van der Waals surface area contributed by atoms with Crippen LogP contribution in [0.3, 0.4) is 0 Å². The largest absolute Gasteiger partial charge is 0.467 e. The van der Waals surface area contributed by atoms with E-state index in [4.69, 9.17) is 17.0 Å². The normalized spacial score (nSPS) is 12.5. The van der Waals surface area contributed by atoms with Crippen molar-refractivity contribution in [3.05, 3.63) is 76.9 Å². The summed E-state index contributed by atoms with van der Waals surface area (Å²) >= 11 is 5.22. The van der Waals surface area contributed by atoms with Crippen LogP contribution in [0.1, 0.15) is 73.1 Å². The first kappa shape index (κ1) is 25.9. The van der Waals surface area contributed by atoms with E-state index in [1.165, 1.54) is 28.7 Å². The number of allylic oxidation sites excluding steroid dienone is 7. The zero-order valence-electron chi connectivity index (χ0n) is 19.5. The minimum Gasteiger partial charge on any atom is -0.467 e. The highest BCUT2D eigenvalue weighted by Gasteiger charge is 1.97. The molecule has 0 bridgehead atoms. The molecule has 0 heterocycles. The molecule has 0 saturated carbocycles. The monoisotopic (exact) mass is 425 g/mol. The second-order valence-corrected chi connectivity index (χ2v) is 8.51. The molecule has 2 nitrogen and oxygen atoms in total. The molecule has 0 aliphatic heterocycles. The van der Waals surface area contributed by atoms with Crippen molar-refractivity contribution in [2.45, 2.75) is 73.1 Å². The molecule has 0 radical (unpaired) electrons. The molecule has 0 saturated heterocycles. The molecule has 0 amide bonds. The van der Waals surface area contributed by atoms with Crippen LogP contribution >= 0.6 is 12.2 Å². The molecule has 0 atom stereocenters. The van der Waals surface area contributed by atoms with E-state index in [1.54, 1.807) is 0 Å². The third-order valence-electron chi connectivity index (χ3n) is 4.82. The SMILES string of the molecule is CC(C)=CCC/C(C)=C/CC/C(C)=C/CC/C(C)=C/COC(=S)Nc1ccccc1. The van der Waals surface area contributed by atoms with Gasteiger partial charge < -0.3 is 10.1 Å². The summed E-state index contributed by atoms with van der Waals surface area (Å²) in [6.07, 6.45) is 15.9. The van der Waals surface area contributed by atoms with Crippen molar-refractivity contribution in [2.24, 2.45) is 0 Å². The second-order valence-electron chi connectivity index (χ2n) is 8.14. The zero-order valence-corrected chi connectivity index (χ0v) is 20.3. The van der Waals surface area contributed by atoms with Crippen LogP contribution in [0.5, 0.6) is 0 Å². The third-order valence-corrected chi connectivity index (χ3v) is 5.04. The summed E-state index contributed by atoms with van der Waals surface area (Å²) in [5.41, 5.74) is 6.65. The van der Waals surface area contributed by atoms with Crippen molar-refractivity contribution in [1.82, 2.24) is 0 Å². The van der Waals surface area contributed by atoms with Crippen molar-refractivity contribution >= 4 is 23.1 Å². The molecule has 0 spiro atoms. The number of anilines is 1. The molecule has 164 valence electrons. The van der Waals surface area contributed by atoms with Gasteiger partial charge in [-0.15, -0.1) is 0 Å². The average Bonchev–Trinajstić information content (AvgIpc) is 2.68. The molecule has 0 fully saturated rings. The zero-order chi connectivity index (χ0) is 22.2. The molecule has 1 aromatic carbocycles. The Balaban J connectivity index is 2.21. The van der Waals surface area contributed by atoms with Gasteiger partial charge in [0.25, 0.3) is 5.17 Å². The van der Waals surface area contributed by atoms with Gasteiger partial charge in [0.1, 0.15) is 6.61 Å². The Bertz CT molecular complexity index is 752. The summed E-state index contributed by atoms with van der Waals surface area (Å²) in [6.45, 7) is 11.5.